The van der Waals surface area contributed by atoms with E-state index in [1.165, 1.54) is 26.2 Å². The Morgan fingerprint density at radius 1 is 1.30 bits per heavy atom. The van der Waals surface area contributed by atoms with Crippen molar-refractivity contribution in [1.82, 2.24) is 9.80 Å². The second-order valence-electron chi connectivity index (χ2n) is 3.86. The van der Waals surface area contributed by atoms with E-state index in [0.29, 0.717) is 0 Å². The zero-order valence-electron chi connectivity index (χ0n) is 6.45. The first-order valence-corrected chi connectivity index (χ1v) is 4.38. The van der Waals surface area contributed by atoms with Crippen LogP contribution in [0.1, 0.15) is 6.92 Å². The highest BCUT2D eigenvalue weighted by Gasteiger charge is 2.58. The van der Waals surface area contributed by atoms with Crippen molar-refractivity contribution in [2.75, 3.05) is 26.2 Å². The molecule has 0 bridgehead atoms. The predicted molar refractivity (Wildman–Crippen MR) is 39.9 cm³/mol. The number of piperidine rings is 1. The van der Waals surface area contributed by atoms with Gasteiger partial charge in [0.15, 0.2) is 0 Å². The Morgan fingerprint density at radius 3 is 2.80 bits per heavy atom. The molecule has 0 amide bonds. The fourth-order valence-electron chi connectivity index (χ4n) is 2.95. The maximum Gasteiger partial charge on any atom is 0.0382 e. The molecule has 3 rings (SSSR count). The molecule has 56 valence electrons. The molecule has 0 spiro atoms. The maximum atomic E-state index is 2.65. The highest BCUT2D eigenvalue weighted by atomic mass is 15.4. The van der Waals surface area contributed by atoms with E-state index in [1.54, 1.807) is 0 Å². The molecule has 0 radical (unpaired) electrons. The van der Waals surface area contributed by atoms with Crippen LogP contribution in [0.4, 0.5) is 0 Å². The van der Waals surface area contributed by atoms with Crippen LogP contribution in [0.3, 0.4) is 0 Å². The molecule has 0 aromatic heterocycles. The molecular weight excluding hydrogens is 124 g/mol. The number of likely N-dealkylation sites (tertiary alicyclic amines) is 1. The quantitative estimate of drug-likeness (QED) is 0.503. The van der Waals surface area contributed by atoms with Gasteiger partial charge in [-0.2, -0.15) is 0 Å². The van der Waals surface area contributed by atoms with E-state index in [1.807, 2.05) is 0 Å². The minimum absolute atomic E-state index is 0.962. The molecule has 2 nitrogen and oxygen atoms in total. The van der Waals surface area contributed by atoms with E-state index < -0.39 is 0 Å². The SMILES string of the molecule is CCN1CC2CN3CC1C23. The summed E-state index contributed by atoms with van der Waals surface area (Å²) in [5.41, 5.74) is 0. The van der Waals surface area contributed by atoms with Crippen molar-refractivity contribution in [3.05, 3.63) is 0 Å². The topological polar surface area (TPSA) is 6.48 Å². The first kappa shape index (κ1) is 5.56. The summed E-state index contributed by atoms with van der Waals surface area (Å²) in [6.07, 6.45) is 0. The summed E-state index contributed by atoms with van der Waals surface area (Å²) in [4.78, 5) is 5.27. The standard InChI is InChI=1S/C8H14N2/c1-2-9-3-6-4-10-5-7(9)8(6)10/h6-8H,2-5H2,1H3. The molecule has 2 heteroatoms. The number of hydrogen-bond acceptors (Lipinski definition) is 2. The summed E-state index contributed by atoms with van der Waals surface area (Å²) in [6.45, 7) is 7.72. The van der Waals surface area contributed by atoms with Crippen LogP contribution < -0.4 is 0 Å². The molecule has 10 heavy (non-hydrogen) atoms. The van der Waals surface area contributed by atoms with Gasteiger partial charge in [-0.15, -0.1) is 0 Å². The van der Waals surface area contributed by atoms with Gasteiger partial charge in [0.25, 0.3) is 0 Å². The zero-order chi connectivity index (χ0) is 6.72. The van der Waals surface area contributed by atoms with Gasteiger partial charge in [0.05, 0.1) is 0 Å². The minimum Gasteiger partial charge on any atom is -0.297 e. The van der Waals surface area contributed by atoms with Gasteiger partial charge in [0.1, 0.15) is 0 Å². The van der Waals surface area contributed by atoms with Crippen molar-refractivity contribution in [1.29, 1.82) is 0 Å². The monoisotopic (exact) mass is 138 g/mol. The first-order valence-electron chi connectivity index (χ1n) is 4.38. The van der Waals surface area contributed by atoms with E-state index in [-0.39, 0.29) is 0 Å². The molecule has 3 aliphatic rings. The normalized spacial score (nSPS) is 51.9. The summed E-state index contributed by atoms with van der Waals surface area (Å²) in [5, 5.41) is 0. The van der Waals surface area contributed by atoms with Crippen LogP contribution in [0.15, 0.2) is 0 Å². The van der Waals surface area contributed by atoms with Crippen molar-refractivity contribution in [2.45, 2.75) is 19.0 Å². The van der Waals surface area contributed by atoms with Gasteiger partial charge in [-0.25, -0.2) is 0 Å². The Kier molecular flexibility index (Phi) is 0.868. The van der Waals surface area contributed by atoms with Gasteiger partial charge in [0.2, 0.25) is 0 Å². The Balaban J connectivity index is 1.83. The van der Waals surface area contributed by atoms with Gasteiger partial charge in [-0.3, -0.25) is 9.80 Å². The first-order chi connectivity index (χ1) is 4.90. The van der Waals surface area contributed by atoms with Crippen LogP contribution in [0.5, 0.6) is 0 Å². The highest BCUT2D eigenvalue weighted by Crippen LogP contribution is 2.44. The lowest BCUT2D eigenvalue weighted by Crippen LogP contribution is -2.71. The summed E-state index contributed by atoms with van der Waals surface area (Å²) in [6, 6.07) is 1.96. The Morgan fingerprint density at radius 2 is 2.20 bits per heavy atom. The van der Waals surface area contributed by atoms with Crippen molar-refractivity contribution in [2.24, 2.45) is 5.92 Å². The molecular formula is C8H14N2. The molecule has 3 fully saturated rings. The molecule has 0 N–H and O–H groups in total. The molecule has 0 aromatic rings. The number of rotatable bonds is 1. The maximum absolute atomic E-state index is 2.65. The average Bonchev–Trinajstić information content (AvgIpc) is 2.06. The van der Waals surface area contributed by atoms with Crippen LogP contribution in [0.2, 0.25) is 0 Å². The fourth-order valence-corrected chi connectivity index (χ4v) is 2.95. The van der Waals surface area contributed by atoms with Gasteiger partial charge in [0, 0.05) is 37.6 Å². The summed E-state index contributed by atoms with van der Waals surface area (Å²) in [5.74, 6) is 1.05. The van der Waals surface area contributed by atoms with Gasteiger partial charge >= 0.3 is 0 Å². The van der Waals surface area contributed by atoms with Crippen molar-refractivity contribution in [3.8, 4) is 0 Å². The molecule has 3 heterocycles. The summed E-state index contributed by atoms with van der Waals surface area (Å²) < 4.78 is 0. The number of likely N-dealkylation sites (N-methyl/N-ethyl adjacent to an activating group) is 1. The van der Waals surface area contributed by atoms with Crippen molar-refractivity contribution >= 4 is 0 Å². The highest BCUT2D eigenvalue weighted by molar-refractivity contribution is 5.15. The Labute approximate surface area is 61.8 Å². The van der Waals surface area contributed by atoms with E-state index in [9.17, 15) is 0 Å². The van der Waals surface area contributed by atoms with E-state index in [0.717, 1.165) is 18.0 Å². The van der Waals surface area contributed by atoms with E-state index >= 15 is 0 Å². The average molecular weight is 138 g/mol. The largest absolute Gasteiger partial charge is 0.297 e. The molecule has 0 saturated carbocycles. The van der Waals surface area contributed by atoms with E-state index in [2.05, 4.69) is 16.7 Å². The fraction of sp³-hybridized carbons (Fsp3) is 1.00. The Hall–Kier alpha value is -0.0800. The predicted octanol–water partition coefficient (Wildman–Crippen LogP) is 0.00450. The second-order valence-corrected chi connectivity index (χ2v) is 3.86. The minimum atomic E-state index is 0.962. The molecule has 3 atom stereocenters. The molecule has 3 saturated heterocycles. The third kappa shape index (κ3) is 0.424. The molecule has 0 aliphatic carbocycles. The van der Waals surface area contributed by atoms with Crippen molar-refractivity contribution in [3.63, 3.8) is 0 Å². The third-order valence-electron chi connectivity index (χ3n) is 3.53. The molecule has 3 aliphatic heterocycles. The Bertz CT molecular complexity index is 169. The second kappa shape index (κ2) is 1.56. The van der Waals surface area contributed by atoms with Gasteiger partial charge < -0.3 is 0 Å². The summed E-state index contributed by atoms with van der Waals surface area (Å²) in [7, 11) is 0. The van der Waals surface area contributed by atoms with Crippen LogP contribution in [-0.4, -0.2) is 48.1 Å². The summed E-state index contributed by atoms with van der Waals surface area (Å²) >= 11 is 0. The van der Waals surface area contributed by atoms with Crippen LogP contribution in [0.25, 0.3) is 0 Å². The number of hydrogen-bond donors (Lipinski definition) is 0. The number of nitrogens with zero attached hydrogens (tertiary/aromatic N) is 2. The molecule has 0 aromatic carbocycles. The zero-order valence-corrected chi connectivity index (χ0v) is 6.45. The van der Waals surface area contributed by atoms with Crippen LogP contribution >= 0.6 is 0 Å². The lowest BCUT2D eigenvalue weighted by Gasteiger charge is -2.56. The van der Waals surface area contributed by atoms with Crippen LogP contribution in [-0.2, 0) is 0 Å². The van der Waals surface area contributed by atoms with Crippen LogP contribution in [0, 0.1) is 5.92 Å². The molecule has 3 unspecified atom stereocenters. The van der Waals surface area contributed by atoms with Crippen molar-refractivity contribution < 1.29 is 0 Å². The van der Waals surface area contributed by atoms with Gasteiger partial charge in [-0.05, 0) is 6.54 Å². The lowest BCUT2D eigenvalue weighted by atomic mass is 9.80. The van der Waals surface area contributed by atoms with E-state index in [4.69, 9.17) is 0 Å². The third-order valence-corrected chi connectivity index (χ3v) is 3.53. The smallest absolute Gasteiger partial charge is 0.0382 e. The van der Waals surface area contributed by atoms with Gasteiger partial charge in [-0.1, -0.05) is 6.92 Å². The lowest BCUT2D eigenvalue weighted by molar-refractivity contribution is -0.0635.